The molecule has 2 amide bonds. The van der Waals surface area contributed by atoms with Crippen LogP contribution in [0.4, 0.5) is 10.5 Å². The molecule has 0 spiro atoms. The van der Waals surface area contributed by atoms with E-state index < -0.39 is 0 Å². The van der Waals surface area contributed by atoms with Crippen LogP contribution in [-0.2, 0) is 0 Å². The van der Waals surface area contributed by atoms with Crippen molar-refractivity contribution in [1.29, 1.82) is 0 Å². The third-order valence-electron chi connectivity index (χ3n) is 4.26. The van der Waals surface area contributed by atoms with Crippen LogP contribution in [0.25, 0.3) is 0 Å². The van der Waals surface area contributed by atoms with Crippen LogP contribution in [0.1, 0.15) is 23.7 Å². The first-order valence-corrected chi connectivity index (χ1v) is 7.89. The second-order valence-corrected chi connectivity index (χ2v) is 6.02. The molecule has 23 heavy (non-hydrogen) atoms. The van der Waals surface area contributed by atoms with Crippen LogP contribution < -0.4 is 10.6 Å². The lowest BCUT2D eigenvalue weighted by atomic mass is 10.0. The Morgan fingerprint density at radius 2 is 2.04 bits per heavy atom. The number of anilines is 1. The quantitative estimate of drug-likeness (QED) is 0.916. The van der Waals surface area contributed by atoms with Gasteiger partial charge in [0.2, 0.25) is 0 Å². The van der Waals surface area contributed by atoms with Crippen LogP contribution in [0.3, 0.4) is 0 Å². The molecule has 2 atom stereocenters. The molecule has 3 rings (SSSR count). The lowest BCUT2D eigenvalue weighted by Crippen LogP contribution is -2.41. The minimum atomic E-state index is -0.170. The molecule has 5 nitrogen and oxygen atoms in total. The summed E-state index contributed by atoms with van der Waals surface area (Å²) < 4.78 is 0. The average molecular weight is 310 g/mol. The van der Waals surface area contributed by atoms with Crippen molar-refractivity contribution in [3.63, 3.8) is 0 Å². The second kappa shape index (κ2) is 6.79. The van der Waals surface area contributed by atoms with Crippen molar-refractivity contribution in [3.05, 3.63) is 59.9 Å². The Balaban J connectivity index is 1.67. The summed E-state index contributed by atoms with van der Waals surface area (Å²) in [6.45, 7) is 2.87. The predicted molar refractivity (Wildman–Crippen MR) is 91.3 cm³/mol. The lowest BCUT2D eigenvalue weighted by molar-refractivity contribution is 0.240. The minimum absolute atomic E-state index is 0.102. The maximum Gasteiger partial charge on any atom is 0.319 e. The molecule has 2 aromatic rings. The smallest absolute Gasteiger partial charge is 0.319 e. The molecule has 1 aliphatic rings. The van der Waals surface area contributed by atoms with Crippen molar-refractivity contribution in [2.24, 2.45) is 0 Å². The number of aryl methyl sites for hydroxylation is 1. The van der Waals surface area contributed by atoms with E-state index in [1.54, 1.807) is 12.3 Å². The number of aromatic nitrogens is 1. The number of hydrogen-bond acceptors (Lipinski definition) is 3. The third kappa shape index (κ3) is 3.68. The zero-order valence-corrected chi connectivity index (χ0v) is 13.5. The Labute approximate surface area is 136 Å². The van der Waals surface area contributed by atoms with E-state index in [4.69, 9.17) is 0 Å². The Bertz CT molecular complexity index is 674. The number of likely N-dealkylation sites (N-methyl/N-ethyl adjacent to an activating group) is 1. The maximum absolute atomic E-state index is 12.3. The summed E-state index contributed by atoms with van der Waals surface area (Å²) in [7, 11) is 2.10. The highest BCUT2D eigenvalue weighted by atomic mass is 16.2. The van der Waals surface area contributed by atoms with Gasteiger partial charge in [0.25, 0.3) is 0 Å². The van der Waals surface area contributed by atoms with Crippen LogP contribution in [0.2, 0.25) is 0 Å². The first kappa shape index (κ1) is 15.5. The van der Waals surface area contributed by atoms with Gasteiger partial charge in [-0.05, 0) is 38.1 Å². The monoisotopic (exact) mass is 310 g/mol. The van der Waals surface area contributed by atoms with Crippen molar-refractivity contribution in [3.8, 4) is 0 Å². The van der Waals surface area contributed by atoms with Gasteiger partial charge < -0.3 is 10.6 Å². The number of rotatable bonds is 3. The highest BCUT2D eigenvalue weighted by Crippen LogP contribution is 2.30. The van der Waals surface area contributed by atoms with Gasteiger partial charge in [-0.1, -0.05) is 30.3 Å². The average Bonchev–Trinajstić information content (AvgIpc) is 2.88. The van der Waals surface area contributed by atoms with E-state index in [-0.39, 0.29) is 18.1 Å². The van der Waals surface area contributed by atoms with Gasteiger partial charge in [0.15, 0.2) is 0 Å². The number of carbonyl (C=O) groups is 1. The standard InChI is InChI=1S/C18H22N4O/c1-13-12-15(8-10-19-13)20-18(23)21-16-9-11-22(2)17(16)14-6-4-3-5-7-14/h3-8,10,12,16-17H,9,11H2,1-2H3,(H2,19,20,21,23)/t16-,17-/m1/s1. The molecule has 1 aliphatic heterocycles. The zero-order valence-electron chi connectivity index (χ0n) is 13.5. The molecule has 0 saturated carbocycles. The predicted octanol–water partition coefficient (Wildman–Crippen LogP) is 2.96. The fraction of sp³-hybridized carbons (Fsp3) is 0.333. The molecule has 1 aromatic heterocycles. The first-order chi connectivity index (χ1) is 11.1. The number of likely N-dealkylation sites (tertiary alicyclic amines) is 1. The first-order valence-electron chi connectivity index (χ1n) is 7.89. The van der Waals surface area contributed by atoms with Crippen LogP contribution >= 0.6 is 0 Å². The number of pyridine rings is 1. The third-order valence-corrected chi connectivity index (χ3v) is 4.26. The number of nitrogens with one attached hydrogen (secondary N) is 2. The molecule has 1 aromatic carbocycles. The maximum atomic E-state index is 12.3. The second-order valence-electron chi connectivity index (χ2n) is 6.02. The van der Waals surface area contributed by atoms with E-state index in [2.05, 4.69) is 39.7 Å². The number of nitrogens with zero attached hydrogens (tertiary/aromatic N) is 2. The van der Waals surface area contributed by atoms with Gasteiger partial charge in [0, 0.05) is 24.1 Å². The normalized spacial score (nSPS) is 21.1. The summed E-state index contributed by atoms with van der Waals surface area (Å²) in [5.41, 5.74) is 2.88. The molecular formula is C18H22N4O. The number of benzene rings is 1. The van der Waals surface area contributed by atoms with Crippen LogP contribution in [0.5, 0.6) is 0 Å². The molecule has 0 aliphatic carbocycles. The molecule has 120 valence electrons. The Hall–Kier alpha value is -2.40. The van der Waals surface area contributed by atoms with Crippen molar-refractivity contribution in [2.75, 3.05) is 18.9 Å². The van der Waals surface area contributed by atoms with Crippen LogP contribution in [-0.4, -0.2) is 35.5 Å². The number of hydrogen-bond donors (Lipinski definition) is 2. The summed E-state index contributed by atoms with van der Waals surface area (Å²) in [5.74, 6) is 0. The summed E-state index contributed by atoms with van der Waals surface area (Å²) >= 11 is 0. The molecule has 0 radical (unpaired) electrons. The summed E-state index contributed by atoms with van der Waals surface area (Å²) in [4.78, 5) is 18.7. The molecular weight excluding hydrogens is 288 g/mol. The Morgan fingerprint density at radius 1 is 1.26 bits per heavy atom. The van der Waals surface area contributed by atoms with Crippen molar-refractivity contribution < 1.29 is 4.79 Å². The lowest BCUT2D eigenvalue weighted by Gasteiger charge is -2.26. The SMILES string of the molecule is Cc1cc(NC(=O)N[C@@H]2CCN(C)[C@@H]2c2ccccc2)ccn1. The zero-order chi connectivity index (χ0) is 16.2. The Morgan fingerprint density at radius 3 is 2.78 bits per heavy atom. The molecule has 5 heteroatoms. The molecule has 0 bridgehead atoms. The van der Waals surface area contributed by atoms with Gasteiger partial charge in [-0.2, -0.15) is 0 Å². The molecule has 1 saturated heterocycles. The Kier molecular flexibility index (Phi) is 4.57. The van der Waals surface area contributed by atoms with Gasteiger partial charge >= 0.3 is 6.03 Å². The fourth-order valence-electron chi connectivity index (χ4n) is 3.19. The van der Waals surface area contributed by atoms with Gasteiger partial charge in [-0.25, -0.2) is 4.79 Å². The van der Waals surface area contributed by atoms with E-state index in [1.807, 2.05) is 31.2 Å². The molecule has 0 unspecified atom stereocenters. The van der Waals surface area contributed by atoms with Gasteiger partial charge in [0.1, 0.15) is 0 Å². The van der Waals surface area contributed by atoms with Crippen molar-refractivity contribution in [2.45, 2.75) is 25.4 Å². The number of urea groups is 1. The summed E-state index contributed by atoms with van der Waals surface area (Å²) in [6, 6.07) is 14.1. The fourth-order valence-corrected chi connectivity index (χ4v) is 3.19. The van der Waals surface area contributed by atoms with Gasteiger partial charge in [-0.15, -0.1) is 0 Å². The van der Waals surface area contributed by atoms with E-state index in [9.17, 15) is 4.79 Å². The molecule has 2 N–H and O–H groups in total. The van der Waals surface area contributed by atoms with E-state index in [1.165, 1.54) is 5.56 Å². The highest BCUT2D eigenvalue weighted by molar-refractivity contribution is 5.89. The van der Waals surface area contributed by atoms with Crippen LogP contribution in [0.15, 0.2) is 48.7 Å². The van der Waals surface area contributed by atoms with E-state index >= 15 is 0 Å². The van der Waals surface area contributed by atoms with Gasteiger partial charge in [0.05, 0.1) is 12.1 Å². The molecule has 1 fully saturated rings. The van der Waals surface area contributed by atoms with E-state index in [0.29, 0.717) is 0 Å². The summed E-state index contributed by atoms with van der Waals surface area (Å²) in [5, 5.41) is 6.00. The highest BCUT2D eigenvalue weighted by Gasteiger charge is 2.33. The summed E-state index contributed by atoms with van der Waals surface area (Å²) in [6.07, 6.45) is 2.64. The van der Waals surface area contributed by atoms with Crippen molar-refractivity contribution >= 4 is 11.7 Å². The van der Waals surface area contributed by atoms with E-state index in [0.717, 1.165) is 24.3 Å². The minimum Gasteiger partial charge on any atom is -0.333 e. The largest absolute Gasteiger partial charge is 0.333 e. The van der Waals surface area contributed by atoms with Gasteiger partial charge in [-0.3, -0.25) is 9.88 Å². The van der Waals surface area contributed by atoms with Crippen LogP contribution in [0, 0.1) is 6.92 Å². The number of carbonyl (C=O) groups excluding carboxylic acids is 1. The molecule has 2 heterocycles. The number of amides is 2. The topological polar surface area (TPSA) is 57.3 Å². The van der Waals surface area contributed by atoms with Crippen molar-refractivity contribution in [1.82, 2.24) is 15.2 Å².